The first-order valence-electron chi connectivity index (χ1n) is 18.5. The van der Waals surface area contributed by atoms with E-state index >= 15 is 0 Å². The van der Waals surface area contributed by atoms with Crippen LogP contribution in [0.25, 0.3) is 28.1 Å². The molecule has 2 aliphatic rings. The van der Waals surface area contributed by atoms with Gasteiger partial charge in [-0.15, -0.1) is 0 Å². The first-order valence-corrected chi connectivity index (χ1v) is 20.4. The van der Waals surface area contributed by atoms with Crippen LogP contribution >= 0.6 is 0 Å². The van der Waals surface area contributed by atoms with Crippen molar-refractivity contribution < 1.29 is 51.0 Å². The Labute approximate surface area is 328 Å². The zero-order valence-corrected chi connectivity index (χ0v) is 32.5. The van der Waals surface area contributed by atoms with Gasteiger partial charge < -0.3 is 30.2 Å². The van der Waals surface area contributed by atoms with E-state index in [1.165, 1.54) is 49.5 Å². The van der Waals surface area contributed by atoms with E-state index in [1.54, 1.807) is 25.1 Å². The lowest BCUT2D eigenvalue weighted by Gasteiger charge is -2.31. The van der Waals surface area contributed by atoms with E-state index in [1.807, 2.05) is 0 Å². The molecule has 2 fully saturated rings. The summed E-state index contributed by atoms with van der Waals surface area (Å²) < 4.78 is 52.5. The van der Waals surface area contributed by atoms with Crippen LogP contribution < -0.4 is 20.3 Å². The monoisotopic (exact) mass is 802 g/mol. The summed E-state index contributed by atoms with van der Waals surface area (Å²) in [6.45, 7) is 0.890. The molecule has 6 rings (SSSR count). The number of rotatable bonds is 15. The molecule has 16 heteroatoms. The number of halogens is 1. The van der Waals surface area contributed by atoms with Gasteiger partial charge in [0.2, 0.25) is 21.8 Å². The topological polar surface area (TPSA) is 201 Å². The fraction of sp³-hybridized carbons (Fsp3) is 0.341. The lowest BCUT2D eigenvalue weighted by Crippen LogP contribution is -2.58. The van der Waals surface area contributed by atoms with Crippen molar-refractivity contribution in [3.05, 3.63) is 94.8 Å². The van der Waals surface area contributed by atoms with Crippen LogP contribution in [0.15, 0.2) is 71.2 Å². The number of anilines is 1. The lowest BCUT2D eigenvalue weighted by molar-refractivity contribution is -0.151. The highest BCUT2D eigenvalue weighted by molar-refractivity contribution is 7.92. The summed E-state index contributed by atoms with van der Waals surface area (Å²) in [6, 6.07) is 15.0. The van der Waals surface area contributed by atoms with Gasteiger partial charge in [0.05, 0.1) is 24.1 Å². The van der Waals surface area contributed by atoms with E-state index in [9.17, 15) is 41.9 Å². The number of carbonyl (C=O) groups excluding carboxylic acids is 5. The number of aliphatic hydroxyl groups excluding tert-OH is 1. The minimum Gasteiger partial charge on any atom is -0.507 e. The molecular formula is C41H43FN4O10S. The van der Waals surface area contributed by atoms with Gasteiger partial charge in [-0.3, -0.25) is 23.5 Å². The third-order valence-electron chi connectivity index (χ3n) is 10.1. The van der Waals surface area contributed by atoms with Gasteiger partial charge in [-0.1, -0.05) is 31.0 Å². The number of ketones is 1. The summed E-state index contributed by atoms with van der Waals surface area (Å²) >= 11 is 0. The standard InChI is InChI=1S/C41H43FN4O10S/c1-4-55-39(51)33(48)21-32(47)27-9-7-8-24(18-27)22-44-40(52)41(16-5-6-17-41)45-35(49)23-46(57(3,53)54)31-20-34-30(19-29(31)25-10-11-25)36(38(50)43-2)37(56-34)26-12-14-28(42)15-13-26/h7-9,12-15,18-21,25,47H,4-6,10-11,16-17,22-23H2,1-3H3,(H,43,50)(H,44,52)(H,45,49). The van der Waals surface area contributed by atoms with E-state index in [2.05, 4.69) is 20.7 Å². The number of fused-ring (bicyclic) bond motifs is 1. The summed E-state index contributed by atoms with van der Waals surface area (Å²) in [7, 11) is -2.63. The van der Waals surface area contributed by atoms with Gasteiger partial charge in [-0.05, 0) is 86.1 Å². The Morgan fingerprint density at radius 1 is 1.04 bits per heavy atom. The molecule has 0 unspecified atom stereocenters. The van der Waals surface area contributed by atoms with Crippen LogP contribution in [0.1, 0.15) is 78.4 Å². The molecule has 2 saturated carbocycles. The summed E-state index contributed by atoms with van der Waals surface area (Å²) in [5, 5.41) is 19.2. The Morgan fingerprint density at radius 2 is 1.74 bits per heavy atom. The van der Waals surface area contributed by atoms with Gasteiger partial charge in [0.1, 0.15) is 35.0 Å². The van der Waals surface area contributed by atoms with Gasteiger partial charge in [-0.2, -0.15) is 0 Å². The number of nitrogens with zero attached hydrogens (tertiary/aromatic N) is 1. The molecule has 0 spiro atoms. The maximum atomic E-state index is 13.9. The Hall–Kier alpha value is -6.03. The van der Waals surface area contributed by atoms with Crippen molar-refractivity contribution in [3.63, 3.8) is 0 Å². The van der Waals surface area contributed by atoms with E-state index < -0.39 is 63.2 Å². The fourth-order valence-corrected chi connectivity index (χ4v) is 7.97. The molecule has 0 aliphatic heterocycles. The minimum absolute atomic E-state index is 0.000435. The molecule has 0 radical (unpaired) electrons. The molecule has 4 aromatic rings. The van der Waals surface area contributed by atoms with Crippen LogP contribution in [0, 0.1) is 5.82 Å². The number of nitrogens with one attached hydrogen (secondary N) is 3. The number of aliphatic hydroxyl groups is 1. The summed E-state index contributed by atoms with van der Waals surface area (Å²) in [5.41, 5.74) is 1.08. The number of hydrogen-bond donors (Lipinski definition) is 4. The molecule has 300 valence electrons. The number of furan rings is 1. The number of hydrogen-bond acceptors (Lipinski definition) is 10. The van der Waals surface area contributed by atoms with Crippen LogP contribution in [-0.2, 0) is 40.5 Å². The van der Waals surface area contributed by atoms with Crippen molar-refractivity contribution >= 4 is 61.9 Å². The molecule has 3 aromatic carbocycles. The second kappa shape index (κ2) is 16.6. The van der Waals surface area contributed by atoms with Crippen LogP contribution in [0.4, 0.5) is 10.1 Å². The predicted octanol–water partition coefficient (Wildman–Crippen LogP) is 5.02. The zero-order valence-electron chi connectivity index (χ0n) is 31.6. The van der Waals surface area contributed by atoms with Crippen LogP contribution in [0.5, 0.6) is 0 Å². The first-order chi connectivity index (χ1) is 27.1. The van der Waals surface area contributed by atoms with Crippen molar-refractivity contribution in [1.29, 1.82) is 0 Å². The molecule has 0 saturated heterocycles. The van der Waals surface area contributed by atoms with Gasteiger partial charge in [0.15, 0.2) is 0 Å². The predicted molar refractivity (Wildman–Crippen MR) is 209 cm³/mol. The van der Waals surface area contributed by atoms with Gasteiger partial charge in [0.25, 0.3) is 11.7 Å². The van der Waals surface area contributed by atoms with Gasteiger partial charge in [-0.25, -0.2) is 17.6 Å². The summed E-state index contributed by atoms with van der Waals surface area (Å²) in [5.74, 6) is -4.58. The third-order valence-corrected chi connectivity index (χ3v) is 11.2. The van der Waals surface area contributed by atoms with Crippen LogP contribution in [-0.4, -0.2) is 75.0 Å². The SMILES string of the molecule is CCOC(=O)C(=O)C=C(O)c1cccc(CNC(=O)C2(NC(=O)CN(c3cc4oc(-c5ccc(F)cc5)c(C(=O)NC)c4cc3C3CC3)S(C)(=O)=O)CCCC2)c1. The first kappa shape index (κ1) is 40.6. The van der Waals surface area contributed by atoms with Crippen molar-refractivity contribution in [1.82, 2.24) is 16.0 Å². The van der Waals surface area contributed by atoms with E-state index in [4.69, 9.17) is 4.42 Å². The molecule has 1 aromatic heterocycles. The molecule has 3 amide bonds. The van der Waals surface area contributed by atoms with E-state index in [0.29, 0.717) is 47.8 Å². The Kier molecular flexibility index (Phi) is 11.8. The number of benzene rings is 3. The van der Waals surface area contributed by atoms with Crippen LogP contribution in [0.2, 0.25) is 0 Å². The number of esters is 1. The van der Waals surface area contributed by atoms with E-state index in [-0.39, 0.29) is 47.2 Å². The maximum Gasteiger partial charge on any atom is 0.379 e. The lowest BCUT2D eigenvalue weighted by atomic mass is 9.95. The van der Waals surface area contributed by atoms with E-state index in [0.717, 1.165) is 29.5 Å². The zero-order chi connectivity index (χ0) is 41.1. The molecule has 2 aliphatic carbocycles. The Balaban J connectivity index is 1.24. The molecule has 57 heavy (non-hydrogen) atoms. The van der Waals surface area contributed by atoms with Gasteiger partial charge >= 0.3 is 5.97 Å². The maximum absolute atomic E-state index is 13.9. The van der Waals surface area contributed by atoms with Crippen molar-refractivity contribution in [2.75, 3.05) is 30.8 Å². The number of ether oxygens (including phenoxy) is 1. The molecule has 0 bridgehead atoms. The molecule has 0 atom stereocenters. The normalized spacial score (nSPS) is 15.2. The third kappa shape index (κ3) is 9.01. The van der Waals surface area contributed by atoms with Crippen LogP contribution in [0.3, 0.4) is 0 Å². The molecule has 14 nitrogen and oxygen atoms in total. The summed E-state index contributed by atoms with van der Waals surface area (Å²) in [4.78, 5) is 64.6. The molecule has 1 heterocycles. The van der Waals surface area contributed by atoms with Crippen molar-refractivity contribution in [2.45, 2.75) is 63.5 Å². The Bertz CT molecular complexity index is 2380. The molecular weight excluding hydrogens is 760 g/mol. The molecule has 4 N–H and O–H groups in total. The van der Waals surface area contributed by atoms with Crippen molar-refractivity contribution in [2.24, 2.45) is 0 Å². The smallest absolute Gasteiger partial charge is 0.379 e. The average molecular weight is 803 g/mol. The van der Waals surface area contributed by atoms with Crippen molar-refractivity contribution in [3.8, 4) is 11.3 Å². The number of amides is 3. The number of carbonyl (C=O) groups is 5. The second-order valence-electron chi connectivity index (χ2n) is 14.2. The fourth-order valence-electron chi connectivity index (χ4n) is 7.11. The largest absolute Gasteiger partial charge is 0.507 e. The van der Waals surface area contributed by atoms with Gasteiger partial charge in [0, 0.05) is 42.2 Å². The highest BCUT2D eigenvalue weighted by Crippen LogP contribution is 2.48. The number of sulfonamides is 1. The average Bonchev–Trinajstić information content (AvgIpc) is 3.80. The quantitative estimate of drug-likeness (QED) is 0.0548. The second-order valence-corrected chi connectivity index (χ2v) is 16.1. The highest BCUT2D eigenvalue weighted by Gasteiger charge is 2.43. The summed E-state index contributed by atoms with van der Waals surface area (Å²) in [6.07, 6.45) is 5.14. The minimum atomic E-state index is -4.10. The Morgan fingerprint density at radius 3 is 2.37 bits per heavy atom. The highest BCUT2D eigenvalue weighted by atomic mass is 32.2.